The van der Waals surface area contributed by atoms with Crippen LogP contribution >= 0.6 is 0 Å². The van der Waals surface area contributed by atoms with Crippen LogP contribution in [-0.2, 0) is 35.0 Å². The summed E-state index contributed by atoms with van der Waals surface area (Å²) in [4.78, 5) is 14.2. The minimum Gasteiger partial charge on any atom is -0.445 e. The number of benzene rings is 2. The number of aromatic nitrogens is 2. The molecule has 1 saturated heterocycles. The predicted octanol–water partition coefficient (Wildman–Crippen LogP) is 3.18. The number of carbonyl (C=O) groups excluding carboxylic acids is 1. The fourth-order valence-electron chi connectivity index (χ4n) is 4.22. The van der Waals surface area contributed by atoms with Gasteiger partial charge in [-0.05, 0) is 31.9 Å². The molecule has 1 atom stereocenters. The van der Waals surface area contributed by atoms with E-state index < -0.39 is 26.9 Å². The summed E-state index contributed by atoms with van der Waals surface area (Å²) in [5, 5.41) is 4.64. The Morgan fingerprint density at radius 2 is 1.84 bits per heavy atom. The van der Waals surface area contributed by atoms with Gasteiger partial charge in [-0.15, -0.1) is 0 Å². The molecule has 8 nitrogen and oxygen atoms in total. The molecule has 0 aliphatic carbocycles. The quantitative estimate of drug-likeness (QED) is 0.615. The van der Waals surface area contributed by atoms with E-state index in [1.165, 1.54) is 4.90 Å². The Labute approximate surface area is 188 Å². The lowest BCUT2D eigenvalue weighted by atomic mass is 10.0. The number of sulfonamides is 1. The SMILES string of the molecule is Cn1nc(CNS(=O)(=O)C2CN(C(=O)OCc3ccccc3)C(C)(C)C2)c2ccccc21. The monoisotopic (exact) mass is 456 g/mol. The number of fused-ring (bicyclic) bond motifs is 1. The van der Waals surface area contributed by atoms with Gasteiger partial charge in [-0.25, -0.2) is 17.9 Å². The highest BCUT2D eigenvalue weighted by Crippen LogP contribution is 2.33. The molecule has 0 radical (unpaired) electrons. The molecule has 2 aromatic carbocycles. The van der Waals surface area contributed by atoms with Gasteiger partial charge in [-0.1, -0.05) is 48.5 Å². The van der Waals surface area contributed by atoms with Crippen molar-refractivity contribution in [1.82, 2.24) is 19.4 Å². The lowest BCUT2D eigenvalue weighted by Crippen LogP contribution is -2.43. The second-order valence-electron chi connectivity index (χ2n) is 8.74. The number of para-hydroxylation sites is 1. The van der Waals surface area contributed by atoms with E-state index in [-0.39, 0.29) is 19.7 Å². The standard InChI is InChI=1S/C23H28N4O4S/c1-23(2)13-18(15-27(23)22(28)31-16-17-9-5-4-6-10-17)32(29,30)24-14-20-19-11-7-8-12-21(19)26(3)25-20/h4-12,18,24H,13-16H2,1-3H3. The summed E-state index contributed by atoms with van der Waals surface area (Å²) in [5.74, 6) is 0. The van der Waals surface area contributed by atoms with Crippen LogP contribution in [0.1, 0.15) is 31.5 Å². The summed E-state index contributed by atoms with van der Waals surface area (Å²) in [6.45, 7) is 4.05. The highest BCUT2D eigenvalue weighted by atomic mass is 32.2. The summed E-state index contributed by atoms with van der Waals surface area (Å²) in [7, 11) is -1.84. The van der Waals surface area contributed by atoms with Crippen molar-refractivity contribution >= 4 is 27.0 Å². The average molecular weight is 457 g/mol. The number of carbonyl (C=O) groups is 1. The molecule has 0 saturated carbocycles. The first-order valence-corrected chi connectivity index (χ1v) is 12.1. The number of ether oxygens (including phenoxy) is 1. The molecule has 1 unspecified atom stereocenters. The Hall–Kier alpha value is -2.91. The molecule has 4 rings (SSSR count). The van der Waals surface area contributed by atoms with Gasteiger partial charge in [-0.3, -0.25) is 4.68 Å². The fourth-order valence-corrected chi connectivity index (χ4v) is 5.76. The maximum absolute atomic E-state index is 13.1. The highest BCUT2D eigenvalue weighted by molar-refractivity contribution is 7.90. The van der Waals surface area contributed by atoms with Crippen LogP contribution < -0.4 is 4.72 Å². The Bertz CT molecular complexity index is 1220. The van der Waals surface area contributed by atoms with Crippen LogP contribution in [0, 0.1) is 0 Å². The minimum absolute atomic E-state index is 0.0823. The van der Waals surface area contributed by atoms with Gasteiger partial charge in [0, 0.05) is 24.5 Å². The van der Waals surface area contributed by atoms with Crippen molar-refractivity contribution in [2.45, 2.75) is 44.2 Å². The Morgan fingerprint density at radius 3 is 2.59 bits per heavy atom. The van der Waals surface area contributed by atoms with Gasteiger partial charge in [0.15, 0.2) is 0 Å². The summed E-state index contributed by atoms with van der Waals surface area (Å²) < 4.78 is 36.0. The van der Waals surface area contributed by atoms with Crippen LogP contribution in [0.3, 0.4) is 0 Å². The van der Waals surface area contributed by atoms with Gasteiger partial charge in [0.05, 0.1) is 23.0 Å². The summed E-state index contributed by atoms with van der Waals surface area (Å²) in [6, 6.07) is 17.1. The molecule has 9 heteroatoms. The van der Waals surface area contributed by atoms with Crippen LogP contribution in [-0.4, -0.2) is 46.5 Å². The van der Waals surface area contributed by atoms with Crippen molar-refractivity contribution in [2.75, 3.05) is 6.54 Å². The zero-order chi connectivity index (χ0) is 22.9. The minimum atomic E-state index is -3.67. The van der Waals surface area contributed by atoms with Crippen molar-refractivity contribution in [3.05, 3.63) is 65.9 Å². The van der Waals surface area contributed by atoms with Crippen LogP contribution in [0.2, 0.25) is 0 Å². The second-order valence-corrected chi connectivity index (χ2v) is 10.8. The number of rotatable bonds is 6. The normalized spacial score (nSPS) is 18.2. The van der Waals surface area contributed by atoms with Crippen molar-refractivity contribution < 1.29 is 17.9 Å². The number of hydrogen-bond acceptors (Lipinski definition) is 5. The van der Waals surface area contributed by atoms with E-state index >= 15 is 0 Å². The van der Waals surface area contributed by atoms with Crippen molar-refractivity contribution in [3.63, 3.8) is 0 Å². The molecular weight excluding hydrogens is 428 g/mol. The van der Waals surface area contributed by atoms with Crippen LogP contribution in [0.15, 0.2) is 54.6 Å². The molecular formula is C23H28N4O4S. The first-order chi connectivity index (χ1) is 15.2. The largest absolute Gasteiger partial charge is 0.445 e. The van der Waals surface area contributed by atoms with E-state index in [9.17, 15) is 13.2 Å². The lowest BCUT2D eigenvalue weighted by Gasteiger charge is -2.30. The first-order valence-electron chi connectivity index (χ1n) is 10.5. The van der Waals surface area contributed by atoms with E-state index in [0.717, 1.165) is 16.5 Å². The second kappa shape index (κ2) is 8.55. The van der Waals surface area contributed by atoms with Crippen molar-refractivity contribution in [1.29, 1.82) is 0 Å². The molecule has 32 heavy (non-hydrogen) atoms. The van der Waals surface area contributed by atoms with Gasteiger partial charge in [0.25, 0.3) is 0 Å². The van der Waals surface area contributed by atoms with Crippen molar-refractivity contribution in [3.8, 4) is 0 Å². The molecule has 0 spiro atoms. The maximum atomic E-state index is 13.1. The fraction of sp³-hybridized carbons (Fsp3) is 0.391. The zero-order valence-electron chi connectivity index (χ0n) is 18.5. The molecule has 0 bridgehead atoms. The summed E-state index contributed by atoms with van der Waals surface area (Å²) in [5.41, 5.74) is 1.86. The molecule has 3 aromatic rings. The number of nitrogens with one attached hydrogen (secondary N) is 1. The van der Waals surface area contributed by atoms with Crippen LogP contribution in [0.5, 0.6) is 0 Å². The zero-order valence-corrected chi connectivity index (χ0v) is 19.3. The maximum Gasteiger partial charge on any atom is 0.410 e. The van der Waals surface area contributed by atoms with E-state index in [4.69, 9.17) is 4.74 Å². The van der Waals surface area contributed by atoms with E-state index in [2.05, 4.69) is 9.82 Å². The number of amides is 1. The van der Waals surface area contributed by atoms with Crippen LogP contribution in [0.25, 0.3) is 10.9 Å². The lowest BCUT2D eigenvalue weighted by molar-refractivity contribution is 0.0753. The smallest absolute Gasteiger partial charge is 0.410 e. The highest BCUT2D eigenvalue weighted by Gasteiger charge is 2.47. The van der Waals surface area contributed by atoms with Crippen molar-refractivity contribution in [2.24, 2.45) is 7.05 Å². The van der Waals surface area contributed by atoms with Gasteiger partial charge in [0.1, 0.15) is 6.61 Å². The third-order valence-corrected chi connectivity index (χ3v) is 7.72. The Morgan fingerprint density at radius 1 is 1.16 bits per heavy atom. The molecule has 1 N–H and O–H groups in total. The molecule has 170 valence electrons. The average Bonchev–Trinajstić information content (AvgIpc) is 3.28. The molecule has 1 fully saturated rings. The number of nitrogens with zero attached hydrogens (tertiary/aromatic N) is 3. The topological polar surface area (TPSA) is 93.5 Å². The van der Waals surface area contributed by atoms with E-state index in [1.807, 2.05) is 75.5 Å². The van der Waals surface area contributed by atoms with E-state index in [1.54, 1.807) is 4.68 Å². The number of likely N-dealkylation sites (tertiary alicyclic amines) is 1. The van der Waals surface area contributed by atoms with Gasteiger partial charge >= 0.3 is 6.09 Å². The summed E-state index contributed by atoms with van der Waals surface area (Å²) in [6.07, 6.45) is -0.182. The third-order valence-electron chi connectivity index (χ3n) is 5.98. The molecule has 1 aliphatic heterocycles. The summed E-state index contributed by atoms with van der Waals surface area (Å²) >= 11 is 0. The van der Waals surface area contributed by atoms with Gasteiger partial charge in [-0.2, -0.15) is 5.10 Å². The van der Waals surface area contributed by atoms with Gasteiger partial charge in [0.2, 0.25) is 10.0 Å². The molecule has 2 heterocycles. The molecule has 1 aromatic heterocycles. The Balaban J connectivity index is 1.42. The number of hydrogen-bond donors (Lipinski definition) is 1. The molecule has 1 aliphatic rings. The Kier molecular flexibility index (Phi) is 5.96. The predicted molar refractivity (Wildman–Crippen MR) is 122 cm³/mol. The first kappa shape index (κ1) is 22.3. The van der Waals surface area contributed by atoms with Gasteiger partial charge < -0.3 is 9.64 Å². The van der Waals surface area contributed by atoms with Crippen LogP contribution in [0.4, 0.5) is 4.79 Å². The number of aryl methyl sites for hydroxylation is 1. The third kappa shape index (κ3) is 4.49. The van der Waals surface area contributed by atoms with E-state index in [0.29, 0.717) is 12.1 Å². The molecule has 1 amide bonds.